The number of amides is 1. The van der Waals surface area contributed by atoms with Crippen molar-refractivity contribution in [3.63, 3.8) is 0 Å². The summed E-state index contributed by atoms with van der Waals surface area (Å²) in [7, 11) is -3.58. The zero-order chi connectivity index (χ0) is 14.6. The van der Waals surface area contributed by atoms with Gasteiger partial charge in [0.2, 0.25) is 0 Å². The van der Waals surface area contributed by atoms with Crippen molar-refractivity contribution < 1.29 is 17.9 Å². The normalized spacial score (nSPS) is 20.6. The molecule has 1 aromatic heterocycles. The number of hydrogen-bond acceptors (Lipinski definition) is 5. The summed E-state index contributed by atoms with van der Waals surface area (Å²) in [5.41, 5.74) is 0. The van der Waals surface area contributed by atoms with E-state index in [1.54, 1.807) is 6.92 Å². The maximum absolute atomic E-state index is 12.3. The van der Waals surface area contributed by atoms with Crippen LogP contribution in [-0.2, 0) is 14.8 Å². The van der Waals surface area contributed by atoms with E-state index in [0.29, 0.717) is 13.0 Å². The Morgan fingerprint density at radius 1 is 1.65 bits per heavy atom. The summed E-state index contributed by atoms with van der Waals surface area (Å²) in [5, 5.41) is 8.85. The Bertz CT molecular complexity index is 543. The molecule has 112 valence electrons. The van der Waals surface area contributed by atoms with Crippen LogP contribution < -0.4 is 5.32 Å². The second-order valence-electron chi connectivity index (χ2n) is 4.49. The molecule has 1 fully saturated rings. The van der Waals surface area contributed by atoms with Gasteiger partial charge in [0.1, 0.15) is 0 Å². The third kappa shape index (κ3) is 3.28. The largest absolute Gasteiger partial charge is 0.450 e. The smallest absolute Gasteiger partial charge is 0.407 e. The van der Waals surface area contributed by atoms with Gasteiger partial charge in [0.25, 0.3) is 10.0 Å². The van der Waals surface area contributed by atoms with Crippen LogP contribution in [0.2, 0.25) is 0 Å². The van der Waals surface area contributed by atoms with Gasteiger partial charge in [0.05, 0.1) is 12.8 Å². The highest BCUT2D eigenvalue weighted by molar-refractivity contribution is 7.89. The van der Waals surface area contributed by atoms with E-state index in [9.17, 15) is 13.2 Å². The van der Waals surface area contributed by atoms with Crippen LogP contribution in [0, 0.1) is 0 Å². The van der Waals surface area contributed by atoms with Crippen LogP contribution in [0.4, 0.5) is 4.79 Å². The second kappa shape index (κ2) is 6.23. The number of rotatable bonds is 4. The number of ether oxygens (including phenoxy) is 1. The number of hydrogen-bond donors (Lipinski definition) is 2. The minimum absolute atomic E-state index is 0.0642. The average molecular weight is 302 g/mol. The number of H-pyrrole nitrogens is 1. The molecule has 0 spiro atoms. The average Bonchev–Trinajstić information content (AvgIpc) is 2.94. The number of carbonyl (C=O) groups excluding carboxylic acids is 1. The second-order valence-corrected chi connectivity index (χ2v) is 6.39. The van der Waals surface area contributed by atoms with Crippen molar-refractivity contribution >= 4 is 16.1 Å². The molecule has 1 unspecified atom stereocenters. The first kappa shape index (κ1) is 14.8. The minimum atomic E-state index is -3.58. The van der Waals surface area contributed by atoms with Gasteiger partial charge in [0.15, 0.2) is 5.03 Å². The minimum Gasteiger partial charge on any atom is -0.450 e. The van der Waals surface area contributed by atoms with Gasteiger partial charge in [-0.25, -0.2) is 13.2 Å². The summed E-state index contributed by atoms with van der Waals surface area (Å²) in [5.74, 6) is 0. The number of sulfonamides is 1. The molecule has 2 heterocycles. The molecule has 9 heteroatoms. The third-order valence-corrected chi connectivity index (χ3v) is 4.87. The summed E-state index contributed by atoms with van der Waals surface area (Å²) < 4.78 is 30.8. The standard InChI is InChI=1S/C11H18N4O4S/c1-2-19-11(16)13-9-4-3-7-15(8-9)20(17,18)10-5-6-12-14-10/h5-6,9H,2-4,7-8H2,1H3,(H,12,14)(H,13,16). The molecule has 0 saturated carbocycles. The fourth-order valence-corrected chi connectivity index (χ4v) is 3.57. The Morgan fingerprint density at radius 3 is 3.10 bits per heavy atom. The lowest BCUT2D eigenvalue weighted by atomic mass is 10.1. The Morgan fingerprint density at radius 2 is 2.45 bits per heavy atom. The molecule has 20 heavy (non-hydrogen) atoms. The molecular formula is C11H18N4O4S. The first-order chi connectivity index (χ1) is 9.54. The van der Waals surface area contributed by atoms with E-state index in [1.807, 2.05) is 0 Å². The Kier molecular flexibility index (Phi) is 4.61. The van der Waals surface area contributed by atoms with Gasteiger partial charge in [-0.05, 0) is 25.8 Å². The van der Waals surface area contributed by atoms with E-state index in [0.717, 1.165) is 6.42 Å². The summed E-state index contributed by atoms with van der Waals surface area (Å²) in [6.07, 6.45) is 2.29. The van der Waals surface area contributed by atoms with Crippen LogP contribution in [0.5, 0.6) is 0 Å². The van der Waals surface area contributed by atoms with E-state index in [2.05, 4.69) is 15.5 Å². The highest BCUT2D eigenvalue weighted by Crippen LogP contribution is 2.19. The molecule has 0 radical (unpaired) electrons. The van der Waals surface area contributed by atoms with Gasteiger partial charge in [0, 0.05) is 19.1 Å². The first-order valence-electron chi connectivity index (χ1n) is 6.47. The zero-order valence-corrected chi connectivity index (χ0v) is 12.0. The van der Waals surface area contributed by atoms with Crippen molar-refractivity contribution in [1.29, 1.82) is 0 Å². The molecule has 1 saturated heterocycles. The molecular weight excluding hydrogens is 284 g/mol. The summed E-state index contributed by atoms with van der Waals surface area (Å²) >= 11 is 0. The van der Waals surface area contributed by atoms with E-state index >= 15 is 0 Å². The topological polar surface area (TPSA) is 104 Å². The molecule has 1 aromatic rings. The lowest BCUT2D eigenvalue weighted by Crippen LogP contribution is -2.49. The van der Waals surface area contributed by atoms with Crippen LogP contribution in [0.25, 0.3) is 0 Å². The predicted molar refractivity (Wildman–Crippen MR) is 70.5 cm³/mol. The molecule has 8 nitrogen and oxygen atoms in total. The van der Waals surface area contributed by atoms with Crippen molar-refractivity contribution in [1.82, 2.24) is 19.8 Å². The van der Waals surface area contributed by atoms with Crippen molar-refractivity contribution in [3.05, 3.63) is 12.3 Å². The number of nitrogens with zero attached hydrogens (tertiary/aromatic N) is 2. The fraction of sp³-hybridized carbons (Fsp3) is 0.636. The number of carbonyl (C=O) groups is 1. The number of piperidine rings is 1. The zero-order valence-electron chi connectivity index (χ0n) is 11.2. The summed E-state index contributed by atoms with van der Waals surface area (Å²) in [4.78, 5) is 11.4. The fourth-order valence-electron chi connectivity index (χ4n) is 2.14. The maximum atomic E-state index is 12.3. The van der Waals surface area contributed by atoms with E-state index in [4.69, 9.17) is 4.74 Å². The van der Waals surface area contributed by atoms with Gasteiger partial charge in [-0.2, -0.15) is 9.40 Å². The number of aromatic nitrogens is 2. The predicted octanol–water partition coefficient (Wildman–Crippen LogP) is 0.309. The van der Waals surface area contributed by atoms with Gasteiger partial charge < -0.3 is 10.1 Å². The Labute approximate surface area is 117 Å². The van der Waals surface area contributed by atoms with E-state index in [1.165, 1.54) is 16.6 Å². The van der Waals surface area contributed by atoms with Crippen LogP contribution in [0.1, 0.15) is 19.8 Å². The van der Waals surface area contributed by atoms with Crippen LogP contribution >= 0.6 is 0 Å². The monoisotopic (exact) mass is 302 g/mol. The Balaban J connectivity index is 2.02. The molecule has 1 aliphatic heterocycles. The molecule has 2 N–H and O–H groups in total. The summed E-state index contributed by atoms with van der Waals surface area (Å²) in [6, 6.07) is 1.18. The number of alkyl carbamates (subject to hydrolysis) is 1. The SMILES string of the molecule is CCOC(=O)NC1CCCN(S(=O)(=O)c2ccn[nH]2)C1. The van der Waals surface area contributed by atoms with Gasteiger partial charge >= 0.3 is 6.09 Å². The van der Waals surface area contributed by atoms with Crippen molar-refractivity contribution in [2.75, 3.05) is 19.7 Å². The molecule has 1 aliphatic rings. The molecule has 0 bridgehead atoms. The van der Waals surface area contributed by atoms with Gasteiger partial charge in [-0.1, -0.05) is 0 Å². The van der Waals surface area contributed by atoms with Crippen molar-refractivity contribution in [3.8, 4) is 0 Å². The van der Waals surface area contributed by atoms with Crippen molar-refractivity contribution in [2.24, 2.45) is 0 Å². The van der Waals surface area contributed by atoms with E-state index < -0.39 is 16.1 Å². The lowest BCUT2D eigenvalue weighted by molar-refractivity contribution is 0.142. The molecule has 2 rings (SSSR count). The first-order valence-corrected chi connectivity index (χ1v) is 7.91. The number of aromatic amines is 1. The molecule has 0 aliphatic carbocycles. The van der Waals surface area contributed by atoms with Crippen molar-refractivity contribution in [2.45, 2.75) is 30.8 Å². The molecule has 0 aromatic carbocycles. The maximum Gasteiger partial charge on any atom is 0.407 e. The molecule has 1 amide bonds. The lowest BCUT2D eigenvalue weighted by Gasteiger charge is -2.31. The highest BCUT2D eigenvalue weighted by atomic mass is 32.2. The third-order valence-electron chi connectivity index (χ3n) is 3.07. The van der Waals surface area contributed by atoms with Gasteiger partial charge in [-0.15, -0.1) is 0 Å². The molecule has 1 atom stereocenters. The van der Waals surface area contributed by atoms with E-state index in [-0.39, 0.29) is 24.2 Å². The quantitative estimate of drug-likeness (QED) is 0.833. The van der Waals surface area contributed by atoms with Crippen LogP contribution in [0.15, 0.2) is 17.3 Å². The number of nitrogens with one attached hydrogen (secondary N) is 2. The summed E-state index contributed by atoms with van der Waals surface area (Å²) in [6.45, 7) is 2.67. The van der Waals surface area contributed by atoms with Crippen LogP contribution in [0.3, 0.4) is 0 Å². The Hall–Kier alpha value is -1.61. The van der Waals surface area contributed by atoms with Crippen LogP contribution in [-0.4, -0.2) is 54.8 Å². The highest BCUT2D eigenvalue weighted by Gasteiger charge is 2.31. The van der Waals surface area contributed by atoms with Gasteiger partial charge in [-0.3, -0.25) is 5.10 Å².